The molecule has 0 radical (unpaired) electrons. The molecule has 5 nitrogen and oxygen atoms in total. The number of hydrogen-bond acceptors (Lipinski definition) is 4. The summed E-state index contributed by atoms with van der Waals surface area (Å²) in [5, 5.41) is 0. The van der Waals surface area contributed by atoms with Crippen LogP contribution in [0.5, 0.6) is 0 Å². The van der Waals surface area contributed by atoms with Gasteiger partial charge in [0.15, 0.2) is 0 Å². The third-order valence-electron chi connectivity index (χ3n) is 6.20. The second-order valence-corrected chi connectivity index (χ2v) is 10.2. The highest BCUT2D eigenvalue weighted by Crippen LogP contribution is 2.35. The van der Waals surface area contributed by atoms with Gasteiger partial charge in [-0.2, -0.15) is 0 Å². The average Bonchev–Trinajstić information content (AvgIpc) is 3.23. The van der Waals surface area contributed by atoms with Crippen LogP contribution in [0, 0.1) is 0 Å². The summed E-state index contributed by atoms with van der Waals surface area (Å²) < 4.78 is 28.9. The summed E-state index contributed by atoms with van der Waals surface area (Å²) in [6.07, 6.45) is 1.85. The highest BCUT2D eigenvalue weighted by Gasteiger charge is 2.28. The molecule has 4 rings (SSSR count). The fraction of sp³-hybridized carbons (Fsp3) is 0.308. The van der Waals surface area contributed by atoms with E-state index in [1.54, 1.807) is 12.1 Å². The van der Waals surface area contributed by atoms with Crippen molar-refractivity contribution in [2.24, 2.45) is 0 Å². The summed E-state index contributed by atoms with van der Waals surface area (Å²) in [6, 6.07) is 23.8. The number of benzene rings is 3. The van der Waals surface area contributed by atoms with Crippen LogP contribution in [0.2, 0.25) is 0 Å². The van der Waals surface area contributed by atoms with Gasteiger partial charge >= 0.3 is 0 Å². The van der Waals surface area contributed by atoms with Gasteiger partial charge in [0.05, 0.1) is 10.9 Å². The molecule has 3 aromatic carbocycles. The van der Waals surface area contributed by atoms with Gasteiger partial charge in [-0.3, -0.25) is 0 Å². The Morgan fingerprint density at radius 1 is 0.969 bits per heavy atom. The van der Waals surface area contributed by atoms with Crippen LogP contribution in [0.4, 0.5) is 11.4 Å². The maximum absolute atomic E-state index is 13.0. The molecule has 0 saturated heterocycles. The maximum Gasteiger partial charge on any atom is 0.240 e. The molecule has 0 fully saturated rings. The monoisotopic (exact) mass is 449 g/mol. The molecule has 0 unspecified atom stereocenters. The van der Waals surface area contributed by atoms with E-state index < -0.39 is 10.0 Å². The number of nitrogens with one attached hydrogen (secondary N) is 1. The number of hydrogen-bond donors (Lipinski definition) is 1. The second-order valence-electron chi connectivity index (χ2n) is 8.42. The van der Waals surface area contributed by atoms with Crippen LogP contribution >= 0.6 is 0 Å². The minimum absolute atomic E-state index is 0.0976. The Hall–Kier alpha value is -2.83. The van der Waals surface area contributed by atoms with Gasteiger partial charge in [0.25, 0.3) is 0 Å². The number of anilines is 2. The zero-order chi connectivity index (χ0) is 22.7. The van der Waals surface area contributed by atoms with Gasteiger partial charge in [0.2, 0.25) is 10.0 Å². The van der Waals surface area contributed by atoms with Crippen molar-refractivity contribution >= 4 is 21.4 Å². The van der Waals surface area contributed by atoms with Crippen molar-refractivity contribution in [1.29, 1.82) is 0 Å². The van der Waals surface area contributed by atoms with E-state index in [0.29, 0.717) is 11.4 Å². The molecule has 1 heterocycles. The van der Waals surface area contributed by atoms with Crippen LogP contribution < -0.4 is 14.5 Å². The van der Waals surface area contributed by atoms with Gasteiger partial charge in [-0.05, 0) is 59.9 Å². The standard InChI is InChI=1S/C26H31N3O2S/c1-4-20-9-15-24(16-10-20)32(30,31)27-19-26(22-11-13-23(14-12-22)28(2)3)29-18-17-21-7-5-6-8-25(21)29/h5-16,26-27H,4,17-19H2,1-3H3/t26-/m0/s1. The molecule has 168 valence electrons. The molecule has 0 saturated carbocycles. The molecule has 1 aliphatic heterocycles. The highest BCUT2D eigenvalue weighted by atomic mass is 32.2. The summed E-state index contributed by atoms with van der Waals surface area (Å²) in [6.45, 7) is 3.22. The van der Waals surface area contributed by atoms with Crippen LogP contribution in [-0.4, -0.2) is 35.6 Å². The van der Waals surface area contributed by atoms with Crippen molar-refractivity contribution in [2.75, 3.05) is 37.0 Å². The van der Waals surface area contributed by atoms with E-state index >= 15 is 0 Å². The van der Waals surface area contributed by atoms with Gasteiger partial charge in [-0.1, -0.05) is 49.4 Å². The van der Waals surface area contributed by atoms with Crippen molar-refractivity contribution in [3.05, 3.63) is 89.5 Å². The summed E-state index contributed by atoms with van der Waals surface area (Å²) in [7, 11) is 0.428. The van der Waals surface area contributed by atoms with E-state index in [0.717, 1.165) is 36.2 Å². The number of aryl methyl sites for hydroxylation is 1. The maximum atomic E-state index is 13.0. The fourth-order valence-electron chi connectivity index (χ4n) is 4.27. The van der Waals surface area contributed by atoms with Crippen molar-refractivity contribution in [3.8, 4) is 0 Å². The minimum atomic E-state index is -3.60. The minimum Gasteiger partial charge on any atom is -0.378 e. The molecule has 1 atom stereocenters. The molecule has 32 heavy (non-hydrogen) atoms. The quantitative estimate of drug-likeness (QED) is 0.554. The lowest BCUT2D eigenvalue weighted by Crippen LogP contribution is -2.37. The Morgan fingerprint density at radius 2 is 1.66 bits per heavy atom. The number of rotatable bonds is 8. The summed E-state index contributed by atoms with van der Waals surface area (Å²) in [5.74, 6) is 0. The Labute approximate surface area is 191 Å². The van der Waals surface area contributed by atoms with Crippen LogP contribution in [0.3, 0.4) is 0 Å². The van der Waals surface area contributed by atoms with Crippen LogP contribution in [0.1, 0.15) is 29.7 Å². The third-order valence-corrected chi connectivity index (χ3v) is 7.64. The normalized spacial score (nSPS) is 14.3. The van der Waals surface area contributed by atoms with Crippen LogP contribution in [0.15, 0.2) is 77.7 Å². The second kappa shape index (κ2) is 9.35. The third kappa shape index (κ3) is 4.66. The first-order valence-corrected chi connectivity index (χ1v) is 12.6. The van der Waals surface area contributed by atoms with E-state index in [-0.39, 0.29) is 6.04 Å². The fourth-order valence-corrected chi connectivity index (χ4v) is 5.30. The number of fused-ring (bicyclic) bond motifs is 1. The SMILES string of the molecule is CCc1ccc(S(=O)(=O)NC[C@@H](c2ccc(N(C)C)cc2)N2CCc3ccccc32)cc1. The van der Waals surface area contributed by atoms with Crippen LogP contribution in [0.25, 0.3) is 0 Å². The molecular formula is C26H31N3O2S. The van der Waals surface area contributed by atoms with E-state index in [1.165, 1.54) is 11.3 Å². The number of nitrogens with zero attached hydrogens (tertiary/aromatic N) is 2. The molecule has 0 spiro atoms. The number of para-hydroxylation sites is 1. The van der Waals surface area contributed by atoms with E-state index in [4.69, 9.17) is 0 Å². The first-order valence-electron chi connectivity index (χ1n) is 11.1. The van der Waals surface area contributed by atoms with Crippen molar-refractivity contribution in [2.45, 2.75) is 30.7 Å². The zero-order valence-electron chi connectivity index (χ0n) is 19.0. The summed E-state index contributed by atoms with van der Waals surface area (Å²) in [4.78, 5) is 4.69. The summed E-state index contributed by atoms with van der Waals surface area (Å²) in [5.41, 5.74) is 5.82. The van der Waals surface area contributed by atoms with Gasteiger partial charge in [0.1, 0.15) is 0 Å². The molecule has 1 aliphatic rings. The highest BCUT2D eigenvalue weighted by molar-refractivity contribution is 7.89. The predicted molar refractivity (Wildman–Crippen MR) is 132 cm³/mol. The van der Waals surface area contributed by atoms with E-state index in [2.05, 4.69) is 63.9 Å². The predicted octanol–water partition coefficient (Wildman–Crippen LogP) is 4.40. The van der Waals surface area contributed by atoms with Gasteiger partial charge < -0.3 is 9.80 Å². The molecule has 6 heteroatoms. The molecule has 0 amide bonds. The van der Waals surface area contributed by atoms with E-state index in [1.807, 2.05) is 32.3 Å². The van der Waals surface area contributed by atoms with Gasteiger partial charge in [0, 0.05) is 38.6 Å². The van der Waals surface area contributed by atoms with Crippen molar-refractivity contribution in [3.63, 3.8) is 0 Å². The van der Waals surface area contributed by atoms with Crippen LogP contribution in [-0.2, 0) is 22.9 Å². The molecular weight excluding hydrogens is 418 g/mol. The lowest BCUT2D eigenvalue weighted by molar-refractivity contribution is 0.563. The number of sulfonamides is 1. The topological polar surface area (TPSA) is 52.7 Å². The molecule has 1 N–H and O–H groups in total. The average molecular weight is 450 g/mol. The molecule has 3 aromatic rings. The Balaban J connectivity index is 1.62. The molecule has 0 aromatic heterocycles. The first kappa shape index (κ1) is 22.4. The lowest BCUT2D eigenvalue weighted by Gasteiger charge is -2.31. The first-order chi connectivity index (χ1) is 15.4. The smallest absolute Gasteiger partial charge is 0.240 e. The largest absolute Gasteiger partial charge is 0.378 e. The Bertz CT molecular complexity index is 1160. The van der Waals surface area contributed by atoms with Gasteiger partial charge in [-0.25, -0.2) is 13.1 Å². The summed E-state index contributed by atoms with van der Waals surface area (Å²) >= 11 is 0. The van der Waals surface area contributed by atoms with Gasteiger partial charge in [-0.15, -0.1) is 0 Å². The zero-order valence-corrected chi connectivity index (χ0v) is 19.8. The van der Waals surface area contributed by atoms with Crippen molar-refractivity contribution in [1.82, 2.24) is 4.72 Å². The van der Waals surface area contributed by atoms with E-state index in [9.17, 15) is 8.42 Å². The lowest BCUT2D eigenvalue weighted by atomic mass is 10.0. The Kier molecular flexibility index (Phi) is 6.53. The Morgan fingerprint density at radius 3 is 2.31 bits per heavy atom. The molecule has 0 aliphatic carbocycles. The molecule has 0 bridgehead atoms. The van der Waals surface area contributed by atoms with Crippen molar-refractivity contribution < 1.29 is 8.42 Å².